The van der Waals surface area contributed by atoms with E-state index in [-0.39, 0.29) is 5.78 Å². The van der Waals surface area contributed by atoms with Crippen LogP contribution in [0.4, 0.5) is 0 Å². The largest absolute Gasteiger partial charge is 0.441 e. The van der Waals surface area contributed by atoms with Crippen molar-refractivity contribution in [2.75, 3.05) is 13.1 Å². The summed E-state index contributed by atoms with van der Waals surface area (Å²) in [5, 5.41) is 4.53. The first kappa shape index (κ1) is 18.9. The van der Waals surface area contributed by atoms with Gasteiger partial charge in [0.15, 0.2) is 11.5 Å². The van der Waals surface area contributed by atoms with Gasteiger partial charge < -0.3 is 14.6 Å². The van der Waals surface area contributed by atoms with Gasteiger partial charge in [-0.2, -0.15) is 0 Å². The van der Waals surface area contributed by atoms with Gasteiger partial charge in [0.1, 0.15) is 5.52 Å². The molecular formula is C22H24N3O2P. The standard InChI is InChI=1S/C22H24N3O2P/c1-3-21(17-4-6-19-20(12-17)27-15(2)24-19)28-22-7-5-18(13-25(22)14-26)16-8-10-23-11-9-16/h3-8,12-14,22-23,28H,9-11H2,1-2H3/b21-3-. The Morgan fingerprint density at radius 1 is 1.43 bits per heavy atom. The predicted molar refractivity (Wildman–Crippen MR) is 115 cm³/mol. The molecule has 3 heterocycles. The van der Waals surface area contributed by atoms with E-state index in [1.54, 1.807) is 4.90 Å². The van der Waals surface area contributed by atoms with Crippen LogP contribution >= 0.6 is 8.58 Å². The molecule has 0 spiro atoms. The molecule has 0 bridgehead atoms. The number of fused-ring (bicyclic) bond motifs is 1. The molecule has 1 amide bonds. The number of hydrogen-bond acceptors (Lipinski definition) is 4. The van der Waals surface area contributed by atoms with Gasteiger partial charge in [0.05, 0.1) is 5.78 Å². The van der Waals surface area contributed by atoms with Crippen LogP contribution in [0.15, 0.2) is 64.3 Å². The average Bonchev–Trinajstić information content (AvgIpc) is 3.11. The van der Waals surface area contributed by atoms with Crippen molar-refractivity contribution >= 4 is 31.4 Å². The van der Waals surface area contributed by atoms with Crippen molar-refractivity contribution in [2.45, 2.75) is 26.1 Å². The van der Waals surface area contributed by atoms with E-state index in [2.05, 4.69) is 40.7 Å². The first-order valence-corrected chi connectivity index (χ1v) is 10.6. The minimum Gasteiger partial charge on any atom is -0.441 e. The highest BCUT2D eigenvalue weighted by Gasteiger charge is 2.21. The average molecular weight is 393 g/mol. The highest BCUT2D eigenvalue weighted by molar-refractivity contribution is 7.51. The molecule has 2 unspecified atom stereocenters. The Balaban J connectivity index is 1.54. The number of aryl methyl sites for hydroxylation is 1. The normalized spacial score (nSPS) is 20.7. The van der Waals surface area contributed by atoms with Crippen LogP contribution in [0.1, 0.15) is 24.8 Å². The summed E-state index contributed by atoms with van der Waals surface area (Å²) in [4.78, 5) is 17.9. The second kappa shape index (κ2) is 8.26. The molecule has 1 aromatic carbocycles. The lowest BCUT2D eigenvalue weighted by atomic mass is 9.99. The maximum absolute atomic E-state index is 11.8. The molecule has 28 heavy (non-hydrogen) atoms. The number of carbonyl (C=O) groups excluding carboxylic acids is 1. The van der Waals surface area contributed by atoms with Gasteiger partial charge in [-0.15, -0.1) is 0 Å². The van der Waals surface area contributed by atoms with E-state index in [1.165, 1.54) is 10.9 Å². The zero-order valence-electron chi connectivity index (χ0n) is 16.1. The third-order valence-corrected chi connectivity index (χ3v) is 6.70. The monoisotopic (exact) mass is 393 g/mol. The number of amides is 1. The Kier molecular flexibility index (Phi) is 5.56. The van der Waals surface area contributed by atoms with Crippen molar-refractivity contribution in [3.63, 3.8) is 0 Å². The van der Waals surface area contributed by atoms with Gasteiger partial charge in [0, 0.05) is 19.7 Å². The maximum atomic E-state index is 11.8. The van der Waals surface area contributed by atoms with Gasteiger partial charge in [-0.05, 0) is 54.0 Å². The van der Waals surface area contributed by atoms with Gasteiger partial charge in [-0.3, -0.25) is 4.79 Å². The van der Waals surface area contributed by atoms with E-state index in [1.807, 2.05) is 32.2 Å². The molecule has 2 aliphatic heterocycles. The number of allylic oxidation sites excluding steroid dienone is 3. The topological polar surface area (TPSA) is 58.4 Å². The van der Waals surface area contributed by atoms with Gasteiger partial charge in [0.25, 0.3) is 0 Å². The Morgan fingerprint density at radius 3 is 3.07 bits per heavy atom. The number of benzene rings is 1. The van der Waals surface area contributed by atoms with Gasteiger partial charge >= 0.3 is 0 Å². The summed E-state index contributed by atoms with van der Waals surface area (Å²) < 4.78 is 5.68. The fraction of sp³-hybridized carbons (Fsp3) is 0.273. The minimum absolute atomic E-state index is 0.0296. The second-order valence-electron chi connectivity index (χ2n) is 6.89. The fourth-order valence-electron chi connectivity index (χ4n) is 3.57. The highest BCUT2D eigenvalue weighted by Crippen LogP contribution is 2.41. The summed E-state index contributed by atoms with van der Waals surface area (Å²) in [5.74, 6) is 0.700. The first-order valence-electron chi connectivity index (χ1n) is 9.51. The van der Waals surface area contributed by atoms with Gasteiger partial charge in [-0.25, -0.2) is 4.98 Å². The van der Waals surface area contributed by atoms with Gasteiger partial charge in [0.2, 0.25) is 6.41 Å². The molecule has 2 aromatic rings. The lowest BCUT2D eigenvalue weighted by Crippen LogP contribution is -2.28. The Hall–Kier alpha value is -2.49. The van der Waals surface area contributed by atoms with E-state index in [0.29, 0.717) is 14.5 Å². The van der Waals surface area contributed by atoms with Crippen LogP contribution in [-0.4, -0.2) is 35.2 Å². The molecule has 0 saturated heterocycles. The molecule has 1 N–H and O–H groups in total. The van der Waals surface area contributed by atoms with Crippen molar-refractivity contribution in [1.82, 2.24) is 15.2 Å². The number of rotatable bonds is 5. The maximum Gasteiger partial charge on any atom is 0.214 e. The molecular weight excluding hydrogens is 369 g/mol. The SMILES string of the molecule is C/C=C(\PC1C=CC(C2=CCNCC2)=CN1C=O)c1ccc2nc(C)oc2c1. The number of oxazole rings is 1. The van der Waals surface area contributed by atoms with Crippen LogP contribution in [0.3, 0.4) is 0 Å². The molecule has 6 heteroatoms. The van der Waals surface area contributed by atoms with E-state index in [0.717, 1.165) is 48.2 Å². The molecule has 0 fully saturated rings. The van der Waals surface area contributed by atoms with Crippen LogP contribution < -0.4 is 5.32 Å². The van der Waals surface area contributed by atoms with E-state index < -0.39 is 0 Å². The van der Waals surface area contributed by atoms with Crippen molar-refractivity contribution in [3.05, 3.63) is 71.3 Å². The summed E-state index contributed by atoms with van der Waals surface area (Å²) in [6.45, 7) is 5.76. The van der Waals surface area contributed by atoms with Crippen LogP contribution in [0.2, 0.25) is 0 Å². The molecule has 0 saturated carbocycles. The van der Waals surface area contributed by atoms with E-state index in [4.69, 9.17) is 4.42 Å². The minimum atomic E-state index is 0.0296. The molecule has 5 nitrogen and oxygen atoms in total. The number of hydrogen-bond donors (Lipinski definition) is 1. The van der Waals surface area contributed by atoms with Crippen molar-refractivity contribution < 1.29 is 9.21 Å². The quantitative estimate of drug-likeness (QED) is 0.607. The Bertz CT molecular complexity index is 1020. The van der Waals surface area contributed by atoms with Gasteiger partial charge in [-0.1, -0.05) is 39.0 Å². The van der Waals surface area contributed by atoms with Crippen molar-refractivity contribution in [1.29, 1.82) is 0 Å². The van der Waals surface area contributed by atoms with Crippen LogP contribution in [0.25, 0.3) is 16.4 Å². The fourth-order valence-corrected chi connectivity index (χ4v) is 4.86. The number of nitrogens with one attached hydrogen (secondary N) is 1. The summed E-state index contributed by atoms with van der Waals surface area (Å²) in [5.41, 5.74) is 5.22. The molecule has 0 aliphatic carbocycles. The van der Waals surface area contributed by atoms with Crippen LogP contribution in [-0.2, 0) is 4.79 Å². The van der Waals surface area contributed by atoms with Crippen molar-refractivity contribution in [3.8, 4) is 0 Å². The summed E-state index contributed by atoms with van der Waals surface area (Å²) >= 11 is 0. The molecule has 0 radical (unpaired) electrons. The van der Waals surface area contributed by atoms with Crippen LogP contribution in [0.5, 0.6) is 0 Å². The molecule has 1 aromatic heterocycles. The first-order chi connectivity index (χ1) is 13.7. The van der Waals surface area contributed by atoms with Crippen molar-refractivity contribution in [2.24, 2.45) is 0 Å². The summed E-state index contributed by atoms with van der Waals surface area (Å²) in [6.07, 6.45) is 12.5. The summed E-state index contributed by atoms with van der Waals surface area (Å²) in [7, 11) is 0.444. The molecule has 144 valence electrons. The highest BCUT2D eigenvalue weighted by atomic mass is 31.1. The third kappa shape index (κ3) is 3.87. The number of carbonyl (C=O) groups is 1. The number of nitrogens with zero attached hydrogens (tertiary/aromatic N) is 2. The lowest BCUT2D eigenvalue weighted by Gasteiger charge is -2.29. The molecule has 2 aliphatic rings. The van der Waals surface area contributed by atoms with E-state index in [9.17, 15) is 4.79 Å². The predicted octanol–water partition coefficient (Wildman–Crippen LogP) is 4.33. The summed E-state index contributed by atoms with van der Waals surface area (Å²) in [6, 6.07) is 6.10. The lowest BCUT2D eigenvalue weighted by molar-refractivity contribution is -0.116. The van der Waals surface area contributed by atoms with E-state index >= 15 is 0 Å². The second-order valence-corrected chi connectivity index (χ2v) is 8.31. The molecule has 4 rings (SSSR count). The zero-order chi connectivity index (χ0) is 19.5. The number of aromatic nitrogens is 1. The Morgan fingerprint density at radius 2 is 2.32 bits per heavy atom. The molecule has 2 atom stereocenters. The third-order valence-electron chi connectivity index (χ3n) is 5.02. The smallest absolute Gasteiger partial charge is 0.214 e. The Labute approximate surface area is 166 Å². The zero-order valence-corrected chi connectivity index (χ0v) is 17.1. The van der Waals surface area contributed by atoms with Crippen LogP contribution in [0, 0.1) is 6.92 Å².